The second kappa shape index (κ2) is 9.70. The molecule has 5 heteroatoms. The van der Waals surface area contributed by atoms with Gasteiger partial charge < -0.3 is 4.74 Å². The highest BCUT2D eigenvalue weighted by Crippen LogP contribution is 2.39. The van der Waals surface area contributed by atoms with Gasteiger partial charge in [0, 0.05) is 23.4 Å². The number of benzene rings is 3. The second-order valence-electron chi connectivity index (χ2n) is 10.4. The van der Waals surface area contributed by atoms with E-state index in [1.165, 1.54) is 37.5 Å². The van der Waals surface area contributed by atoms with E-state index in [0.717, 1.165) is 38.9 Å². The fourth-order valence-corrected chi connectivity index (χ4v) is 5.70. The van der Waals surface area contributed by atoms with E-state index in [9.17, 15) is 8.42 Å². The van der Waals surface area contributed by atoms with Gasteiger partial charge in [-0.1, -0.05) is 55.3 Å². The molecule has 36 heavy (non-hydrogen) atoms. The monoisotopic (exact) mass is 499 g/mol. The van der Waals surface area contributed by atoms with Crippen LogP contribution in [0.25, 0.3) is 22.0 Å². The Morgan fingerprint density at radius 1 is 0.944 bits per heavy atom. The van der Waals surface area contributed by atoms with Crippen molar-refractivity contribution in [2.45, 2.75) is 56.8 Å². The zero-order chi connectivity index (χ0) is 25.3. The Bertz CT molecular complexity index is 1500. The van der Waals surface area contributed by atoms with E-state index in [4.69, 9.17) is 4.74 Å². The lowest BCUT2D eigenvalue weighted by Crippen LogP contribution is -2.28. The van der Waals surface area contributed by atoms with Crippen LogP contribution in [0, 0.1) is 0 Å². The average Bonchev–Trinajstić information content (AvgIpc) is 3.41. The van der Waals surface area contributed by atoms with Crippen molar-refractivity contribution < 1.29 is 13.2 Å². The maximum Gasteiger partial charge on any atom is 0.156 e. The summed E-state index contributed by atoms with van der Waals surface area (Å²) < 4.78 is 30.5. The van der Waals surface area contributed by atoms with E-state index in [2.05, 4.69) is 41.4 Å². The minimum atomic E-state index is -3.32. The van der Waals surface area contributed by atoms with Crippen LogP contribution in [-0.2, 0) is 21.2 Å². The van der Waals surface area contributed by atoms with Crippen molar-refractivity contribution in [2.75, 3.05) is 6.26 Å². The first-order valence-corrected chi connectivity index (χ1v) is 14.5. The highest BCUT2D eigenvalue weighted by Gasteiger charge is 2.33. The fraction of sp³-hybridized carbons (Fsp3) is 0.323. The molecular weight excluding hydrogens is 466 g/mol. The summed E-state index contributed by atoms with van der Waals surface area (Å²) in [6.07, 6.45) is 8.12. The summed E-state index contributed by atoms with van der Waals surface area (Å²) in [4.78, 5) is 4.64. The first-order valence-electron chi connectivity index (χ1n) is 12.6. The van der Waals surface area contributed by atoms with Gasteiger partial charge in [0.25, 0.3) is 0 Å². The molecule has 0 spiro atoms. The minimum Gasteiger partial charge on any atom is -0.489 e. The highest BCUT2D eigenvalue weighted by atomic mass is 32.2. The van der Waals surface area contributed by atoms with E-state index in [1.807, 2.05) is 36.4 Å². The van der Waals surface area contributed by atoms with Crippen molar-refractivity contribution in [2.24, 2.45) is 0 Å². The molecule has 4 nitrogen and oxygen atoms in total. The predicted octanol–water partition coefficient (Wildman–Crippen LogP) is 7.42. The van der Waals surface area contributed by atoms with Gasteiger partial charge in [-0.25, -0.2) is 8.42 Å². The lowest BCUT2D eigenvalue weighted by molar-refractivity contribution is 0.301. The van der Waals surface area contributed by atoms with E-state index in [1.54, 1.807) is 20.0 Å². The summed E-state index contributed by atoms with van der Waals surface area (Å²) in [6, 6.07) is 24.5. The Hall–Kier alpha value is -3.18. The number of hydrogen-bond donors (Lipinski definition) is 0. The molecule has 0 unspecified atom stereocenters. The number of ether oxygens (including phenoxy) is 1. The molecule has 1 fully saturated rings. The van der Waals surface area contributed by atoms with Crippen LogP contribution in [0.2, 0.25) is 0 Å². The molecule has 0 aliphatic heterocycles. The van der Waals surface area contributed by atoms with Gasteiger partial charge >= 0.3 is 0 Å². The smallest absolute Gasteiger partial charge is 0.156 e. The zero-order valence-electron chi connectivity index (χ0n) is 21.2. The molecule has 0 bridgehead atoms. The molecule has 1 aliphatic rings. The van der Waals surface area contributed by atoms with Gasteiger partial charge in [-0.3, -0.25) is 4.98 Å². The molecule has 4 aromatic rings. The van der Waals surface area contributed by atoms with Crippen LogP contribution in [0.15, 0.2) is 79.0 Å². The Labute approximate surface area is 214 Å². The molecular formula is C31H33NO3S. The molecule has 186 valence electrons. The molecule has 1 aromatic heterocycles. The number of sulfone groups is 1. The second-order valence-corrected chi connectivity index (χ2v) is 13.0. The number of para-hydroxylation sites is 1. The van der Waals surface area contributed by atoms with Crippen LogP contribution in [0.1, 0.15) is 62.1 Å². The topological polar surface area (TPSA) is 56.3 Å². The lowest BCUT2D eigenvalue weighted by atomic mass is 9.93. The van der Waals surface area contributed by atoms with E-state index in [-0.39, 0.29) is 0 Å². The first kappa shape index (κ1) is 24.5. The molecule has 0 N–H and O–H groups in total. The molecule has 0 atom stereocenters. The van der Waals surface area contributed by atoms with Crippen molar-refractivity contribution in [3.63, 3.8) is 0 Å². The third-order valence-electron chi connectivity index (χ3n) is 7.67. The molecule has 0 amide bonds. The van der Waals surface area contributed by atoms with Gasteiger partial charge in [0.15, 0.2) is 9.84 Å². The molecule has 1 aliphatic carbocycles. The SMILES string of the molecule is CC(C)(c1cc(-c2cccc(COc3ccccc3C3CCCC3)c2)c2ncccc2c1)S(C)(=O)=O. The van der Waals surface area contributed by atoms with Gasteiger partial charge in [-0.15, -0.1) is 0 Å². The Morgan fingerprint density at radius 3 is 2.50 bits per heavy atom. The summed E-state index contributed by atoms with van der Waals surface area (Å²) in [6.45, 7) is 3.99. The third kappa shape index (κ3) is 4.77. The van der Waals surface area contributed by atoms with Crippen LogP contribution in [-0.4, -0.2) is 19.7 Å². The van der Waals surface area contributed by atoms with Gasteiger partial charge in [0.05, 0.1) is 10.3 Å². The molecule has 0 saturated heterocycles. The number of rotatable bonds is 7. The summed E-state index contributed by atoms with van der Waals surface area (Å²) >= 11 is 0. The summed E-state index contributed by atoms with van der Waals surface area (Å²) in [7, 11) is -3.32. The van der Waals surface area contributed by atoms with E-state index >= 15 is 0 Å². The molecule has 3 aromatic carbocycles. The van der Waals surface area contributed by atoms with Crippen LogP contribution in [0.4, 0.5) is 0 Å². The van der Waals surface area contributed by atoms with Gasteiger partial charge in [0.2, 0.25) is 0 Å². The van der Waals surface area contributed by atoms with E-state index < -0.39 is 14.6 Å². The summed E-state index contributed by atoms with van der Waals surface area (Å²) in [5, 5.41) is 0.925. The maximum absolute atomic E-state index is 12.6. The van der Waals surface area contributed by atoms with Crippen molar-refractivity contribution in [1.29, 1.82) is 0 Å². The number of nitrogens with zero attached hydrogens (tertiary/aromatic N) is 1. The van der Waals surface area contributed by atoms with Gasteiger partial charge in [-0.05, 0) is 85.2 Å². The van der Waals surface area contributed by atoms with Crippen molar-refractivity contribution >= 4 is 20.7 Å². The third-order valence-corrected chi connectivity index (χ3v) is 9.76. The molecule has 1 saturated carbocycles. The predicted molar refractivity (Wildman–Crippen MR) is 147 cm³/mol. The van der Waals surface area contributed by atoms with Crippen molar-refractivity contribution in [3.8, 4) is 16.9 Å². The minimum absolute atomic E-state index is 0.470. The standard InChI is InChI=1S/C31H33NO3S/c1-31(2,36(3,33)34)26-19-25-14-9-17-32-30(25)28(20-26)24-13-8-10-22(18-24)21-35-29-16-7-6-15-27(29)23-11-4-5-12-23/h6-10,13-20,23H,4-5,11-12,21H2,1-3H3. The number of aromatic nitrogens is 1. The van der Waals surface area contributed by atoms with Gasteiger partial charge in [0.1, 0.15) is 12.4 Å². The summed E-state index contributed by atoms with van der Waals surface area (Å²) in [5.41, 5.74) is 5.91. The Morgan fingerprint density at radius 2 is 1.72 bits per heavy atom. The van der Waals surface area contributed by atoms with Crippen LogP contribution in [0.3, 0.4) is 0 Å². The normalized spacial score (nSPS) is 14.9. The first-order chi connectivity index (χ1) is 17.2. The number of fused-ring (bicyclic) bond motifs is 1. The molecule has 0 radical (unpaired) electrons. The van der Waals surface area contributed by atoms with Crippen LogP contribution >= 0.6 is 0 Å². The van der Waals surface area contributed by atoms with Crippen LogP contribution < -0.4 is 4.74 Å². The lowest BCUT2D eigenvalue weighted by Gasteiger charge is -2.24. The zero-order valence-corrected chi connectivity index (χ0v) is 22.0. The van der Waals surface area contributed by atoms with E-state index in [0.29, 0.717) is 12.5 Å². The molecule has 5 rings (SSSR count). The summed E-state index contributed by atoms with van der Waals surface area (Å²) in [5.74, 6) is 1.56. The number of pyridine rings is 1. The quantitative estimate of drug-likeness (QED) is 0.265. The van der Waals surface area contributed by atoms with Crippen LogP contribution in [0.5, 0.6) is 5.75 Å². The average molecular weight is 500 g/mol. The Kier molecular flexibility index (Phi) is 6.60. The highest BCUT2D eigenvalue weighted by molar-refractivity contribution is 7.91. The largest absolute Gasteiger partial charge is 0.489 e. The molecule has 1 heterocycles. The maximum atomic E-state index is 12.6. The van der Waals surface area contributed by atoms with Crippen molar-refractivity contribution in [1.82, 2.24) is 4.98 Å². The van der Waals surface area contributed by atoms with Crippen molar-refractivity contribution in [3.05, 3.63) is 95.7 Å². The fourth-order valence-electron chi connectivity index (χ4n) is 5.15. The number of hydrogen-bond acceptors (Lipinski definition) is 4. The van der Waals surface area contributed by atoms with Gasteiger partial charge in [-0.2, -0.15) is 0 Å². The Balaban J connectivity index is 1.50.